The Labute approximate surface area is 115 Å². The molecule has 0 aromatic heterocycles. The predicted molar refractivity (Wildman–Crippen MR) is 80.3 cm³/mol. The van der Waals surface area contributed by atoms with Crippen molar-refractivity contribution >= 4 is 0 Å². The first-order valence-electron chi connectivity index (χ1n) is 6.83. The molecule has 19 heavy (non-hydrogen) atoms. The predicted octanol–water partition coefficient (Wildman–Crippen LogP) is 4.16. The average molecular weight is 255 g/mol. The van der Waals surface area contributed by atoms with E-state index >= 15 is 0 Å². The van der Waals surface area contributed by atoms with Crippen LogP contribution in [0.5, 0.6) is 5.75 Å². The largest absolute Gasteiger partial charge is 0.494 e. The Kier molecular flexibility index (Phi) is 4.58. The van der Waals surface area contributed by atoms with E-state index in [2.05, 4.69) is 43.3 Å². The Bertz CT molecular complexity index is 519. The maximum Gasteiger partial charge on any atom is 0.119 e. The van der Waals surface area contributed by atoms with Crippen LogP contribution >= 0.6 is 0 Å². The van der Waals surface area contributed by atoms with Gasteiger partial charge in [0, 0.05) is 6.04 Å². The zero-order valence-corrected chi connectivity index (χ0v) is 11.6. The van der Waals surface area contributed by atoms with E-state index in [1.54, 1.807) is 0 Å². The van der Waals surface area contributed by atoms with Crippen LogP contribution in [-0.2, 0) is 0 Å². The molecule has 2 heteroatoms. The summed E-state index contributed by atoms with van der Waals surface area (Å²) in [7, 11) is 0. The summed E-state index contributed by atoms with van der Waals surface area (Å²) in [6.45, 7) is 4.79. The third kappa shape index (κ3) is 3.36. The SMILES string of the molecule is CCOc1ccc(-c2cccc(C(N)CC)c2)cc1. The lowest BCUT2D eigenvalue weighted by Crippen LogP contribution is -2.08. The Morgan fingerprint density at radius 1 is 1.00 bits per heavy atom. The zero-order chi connectivity index (χ0) is 13.7. The summed E-state index contributed by atoms with van der Waals surface area (Å²) in [6, 6.07) is 16.7. The van der Waals surface area contributed by atoms with Crippen molar-refractivity contribution in [2.75, 3.05) is 6.61 Å². The van der Waals surface area contributed by atoms with E-state index < -0.39 is 0 Å². The van der Waals surface area contributed by atoms with Crippen molar-refractivity contribution < 1.29 is 4.74 Å². The fourth-order valence-electron chi connectivity index (χ4n) is 2.09. The van der Waals surface area contributed by atoms with Gasteiger partial charge in [0.05, 0.1) is 6.61 Å². The highest BCUT2D eigenvalue weighted by molar-refractivity contribution is 5.65. The van der Waals surface area contributed by atoms with Crippen LogP contribution < -0.4 is 10.5 Å². The van der Waals surface area contributed by atoms with Gasteiger partial charge in [0.1, 0.15) is 5.75 Å². The molecule has 0 spiro atoms. The molecule has 0 aliphatic carbocycles. The Morgan fingerprint density at radius 3 is 2.37 bits per heavy atom. The number of hydrogen-bond donors (Lipinski definition) is 1. The van der Waals surface area contributed by atoms with Crippen LogP contribution in [0.1, 0.15) is 31.9 Å². The lowest BCUT2D eigenvalue weighted by molar-refractivity contribution is 0.340. The molecule has 0 bridgehead atoms. The van der Waals surface area contributed by atoms with Gasteiger partial charge < -0.3 is 10.5 Å². The molecule has 0 saturated carbocycles. The molecule has 2 aromatic rings. The van der Waals surface area contributed by atoms with E-state index in [9.17, 15) is 0 Å². The first-order chi connectivity index (χ1) is 9.24. The van der Waals surface area contributed by atoms with Crippen molar-refractivity contribution in [1.29, 1.82) is 0 Å². The highest BCUT2D eigenvalue weighted by atomic mass is 16.5. The number of benzene rings is 2. The highest BCUT2D eigenvalue weighted by Crippen LogP contribution is 2.25. The van der Waals surface area contributed by atoms with Crippen molar-refractivity contribution in [1.82, 2.24) is 0 Å². The first-order valence-corrected chi connectivity index (χ1v) is 6.83. The van der Waals surface area contributed by atoms with Gasteiger partial charge in [-0.25, -0.2) is 0 Å². The Morgan fingerprint density at radius 2 is 1.74 bits per heavy atom. The molecule has 2 aromatic carbocycles. The number of ether oxygens (including phenoxy) is 1. The Hall–Kier alpha value is -1.80. The van der Waals surface area contributed by atoms with Crippen molar-refractivity contribution in [3.8, 4) is 16.9 Å². The Balaban J connectivity index is 2.26. The topological polar surface area (TPSA) is 35.2 Å². The van der Waals surface area contributed by atoms with Gasteiger partial charge in [-0.2, -0.15) is 0 Å². The summed E-state index contributed by atoms with van der Waals surface area (Å²) in [5, 5.41) is 0. The number of hydrogen-bond acceptors (Lipinski definition) is 2. The minimum atomic E-state index is 0.114. The molecular weight excluding hydrogens is 234 g/mol. The van der Waals surface area contributed by atoms with Crippen LogP contribution in [0, 0.1) is 0 Å². The summed E-state index contributed by atoms with van der Waals surface area (Å²) in [6.07, 6.45) is 0.951. The summed E-state index contributed by atoms with van der Waals surface area (Å²) < 4.78 is 5.46. The monoisotopic (exact) mass is 255 g/mol. The minimum absolute atomic E-state index is 0.114. The fourth-order valence-corrected chi connectivity index (χ4v) is 2.09. The maximum absolute atomic E-state index is 6.08. The molecule has 0 aliphatic rings. The van der Waals surface area contributed by atoms with E-state index in [-0.39, 0.29) is 6.04 Å². The van der Waals surface area contributed by atoms with Crippen molar-refractivity contribution in [2.45, 2.75) is 26.3 Å². The van der Waals surface area contributed by atoms with E-state index in [1.165, 1.54) is 16.7 Å². The molecule has 2 nitrogen and oxygen atoms in total. The van der Waals surface area contributed by atoms with E-state index in [4.69, 9.17) is 10.5 Å². The lowest BCUT2D eigenvalue weighted by Gasteiger charge is -2.11. The maximum atomic E-state index is 6.08. The van der Waals surface area contributed by atoms with Crippen LogP contribution in [0.3, 0.4) is 0 Å². The molecule has 2 N–H and O–H groups in total. The zero-order valence-electron chi connectivity index (χ0n) is 11.6. The highest BCUT2D eigenvalue weighted by Gasteiger charge is 2.05. The van der Waals surface area contributed by atoms with E-state index in [1.807, 2.05) is 19.1 Å². The van der Waals surface area contributed by atoms with Crippen molar-refractivity contribution in [3.05, 3.63) is 54.1 Å². The van der Waals surface area contributed by atoms with Crippen LogP contribution in [0.2, 0.25) is 0 Å². The average Bonchev–Trinajstić information content (AvgIpc) is 2.48. The number of nitrogens with two attached hydrogens (primary N) is 1. The molecule has 0 radical (unpaired) electrons. The van der Waals surface area contributed by atoms with Crippen LogP contribution in [-0.4, -0.2) is 6.61 Å². The summed E-state index contributed by atoms with van der Waals surface area (Å²) >= 11 is 0. The lowest BCUT2D eigenvalue weighted by atomic mass is 9.99. The van der Waals surface area contributed by atoms with Crippen LogP contribution in [0.15, 0.2) is 48.5 Å². The van der Waals surface area contributed by atoms with Crippen molar-refractivity contribution in [2.24, 2.45) is 5.73 Å². The van der Waals surface area contributed by atoms with Crippen LogP contribution in [0.4, 0.5) is 0 Å². The quantitative estimate of drug-likeness (QED) is 0.870. The standard InChI is InChI=1S/C17H21NO/c1-3-17(18)15-7-5-6-14(12-15)13-8-10-16(11-9-13)19-4-2/h5-12,17H,3-4,18H2,1-2H3. The first kappa shape index (κ1) is 13.6. The normalized spacial score (nSPS) is 12.2. The summed E-state index contributed by atoms with van der Waals surface area (Å²) in [5.41, 5.74) is 9.66. The van der Waals surface area contributed by atoms with Gasteiger partial charge in [-0.1, -0.05) is 37.3 Å². The molecule has 0 amide bonds. The van der Waals surface area contributed by atoms with E-state index in [0.717, 1.165) is 12.2 Å². The van der Waals surface area contributed by atoms with Gasteiger partial charge in [0.25, 0.3) is 0 Å². The van der Waals surface area contributed by atoms with Crippen molar-refractivity contribution in [3.63, 3.8) is 0 Å². The van der Waals surface area contributed by atoms with Gasteiger partial charge in [0.15, 0.2) is 0 Å². The molecule has 0 fully saturated rings. The molecule has 1 atom stereocenters. The van der Waals surface area contributed by atoms with Gasteiger partial charge in [0.2, 0.25) is 0 Å². The third-order valence-corrected chi connectivity index (χ3v) is 3.25. The van der Waals surface area contributed by atoms with E-state index in [0.29, 0.717) is 6.61 Å². The van der Waals surface area contributed by atoms with Gasteiger partial charge in [-0.05, 0) is 48.2 Å². The van der Waals surface area contributed by atoms with Gasteiger partial charge >= 0.3 is 0 Å². The molecule has 1 unspecified atom stereocenters. The summed E-state index contributed by atoms with van der Waals surface area (Å²) in [5.74, 6) is 0.910. The minimum Gasteiger partial charge on any atom is -0.494 e. The third-order valence-electron chi connectivity index (χ3n) is 3.25. The summed E-state index contributed by atoms with van der Waals surface area (Å²) in [4.78, 5) is 0. The molecule has 0 aliphatic heterocycles. The molecule has 0 saturated heterocycles. The molecule has 0 heterocycles. The number of rotatable bonds is 5. The molecule has 2 rings (SSSR count). The second-order valence-electron chi connectivity index (χ2n) is 4.60. The molecular formula is C17H21NO. The second-order valence-corrected chi connectivity index (χ2v) is 4.60. The smallest absolute Gasteiger partial charge is 0.119 e. The van der Waals surface area contributed by atoms with Gasteiger partial charge in [-0.15, -0.1) is 0 Å². The van der Waals surface area contributed by atoms with Crippen LogP contribution in [0.25, 0.3) is 11.1 Å². The van der Waals surface area contributed by atoms with Gasteiger partial charge in [-0.3, -0.25) is 0 Å². The molecule has 100 valence electrons. The fraction of sp³-hybridized carbons (Fsp3) is 0.294. The second kappa shape index (κ2) is 6.39.